The van der Waals surface area contributed by atoms with Crippen molar-refractivity contribution >= 4 is 5.91 Å². The van der Waals surface area contributed by atoms with Crippen LogP contribution >= 0.6 is 0 Å². The molecular formula is C15H21F3N2O2. The van der Waals surface area contributed by atoms with Crippen molar-refractivity contribution in [1.29, 1.82) is 0 Å². The quantitative estimate of drug-likeness (QED) is 0.876. The number of rotatable bonds is 6. The largest absolute Gasteiger partial charge is 0.496 e. The number of halogens is 3. The molecule has 0 saturated heterocycles. The minimum atomic E-state index is -4.39. The van der Waals surface area contributed by atoms with Crippen molar-refractivity contribution in [2.24, 2.45) is 0 Å². The molecule has 0 atom stereocenters. The molecule has 0 fully saturated rings. The number of benzene rings is 1. The van der Waals surface area contributed by atoms with Crippen LogP contribution in [0.25, 0.3) is 0 Å². The highest BCUT2D eigenvalue weighted by atomic mass is 19.4. The van der Waals surface area contributed by atoms with Gasteiger partial charge in [0.05, 0.1) is 13.7 Å². The predicted molar refractivity (Wildman–Crippen MR) is 77.9 cm³/mol. The van der Waals surface area contributed by atoms with Crippen LogP contribution in [-0.2, 0) is 11.3 Å². The van der Waals surface area contributed by atoms with E-state index in [-0.39, 0.29) is 6.54 Å². The second kappa shape index (κ2) is 7.49. The molecule has 7 heteroatoms. The smallest absolute Gasteiger partial charge is 0.405 e. The van der Waals surface area contributed by atoms with Gasteiger partial charge in [0, 0.05) is 6.54 Å². The number of ether oxygens (including phenoxy) is 1. The summed E-state index contributed by atoms with van der Waals surface area (Å²) in [6, 6.07) is 3.88. The van der Waals surface area contributed by atoms with Gasteiger partial charge >= 0.3 is 6.18 Å². The molecule has 0 spiro atoms. The summed E-state index contributed by atoms with van der Waals surface area (Å²) in [6.45, 7) is 2.91. The van der Waals surface area contributed by atoms with Crippen molar-refractivity contribution in [2.45, 2.75) is 26.6 Å². The Morgan fingerprint density at radius 1 is 1.27 bits per heavy atom. The van der Waals surface area contributed by atoms with Crippen molar-refractivity contribution in [3.63, 3.8) is 0 Å². The number of nitrogens with zero attached hydrogens (tertiary/aromatic N) is 1. The number of carbonyl (C=O) groups excluding carboxylic acids is 1. The van der Waals surface area contributed by atoms with E-state index < -0.39 is 18.6 Å². The maximum Gasteiger partial charge on any atom is 0.405 e. The number of likely N-dealkylation sites (N-methyl/N-ethyl adjacent to an activating group) is 1. The highest BCUT2D eigenvalue weighted by Gasteiger charge is 2.27. The number of hydrogen-bond donors (Lipinski definition) is 1. The topological polar surface area (TPSA) is 41.6 Å². The van der Waals surface area contributed by atoms with Crippen molar-refractivity contribution in [3.05, 3.63) is 28.8 Å². The predicted octanol–water partition coefficient (Wildman–Crippen LogP) is 2.42. The van der Waals surface area contributed by atoms with Gasteiger partial charge in [0.25, 0.3) is 0 Å². The van der Waals surface area contributed by atoms with Crippen LogP contribution in [0.4, 0.5) is 13.2 Å². The van der Waals surface area contributed by atoms with Crippen molar-refractivity contribution in [1.82, 2.24) is 10.2 Å². The molecule has 1 N–H and O–H groups in total. The Bertz CT molecular complexity index is 507. The number of aryl methyl sites for hydroxylation is 2. The molecule has 0 radical (unpaired) electrons. The Labute approximate surface area is 128 Å². The van der Waals surface area contributed by atoms with E-state index in [0.29, 0.717) is 6.54 Å². The standard InChI is InChI=1S/C15H21F3N2O2/c1-10-5-12(6-11(2)14(10)22-4)7-20(3)8-13(21)19-9-15(16,17)18/h5-6H,7-9H2,1-4H3,(H,19,21). The molecule has 0 bridgehead atoms. The van der Waals surface area contributed by atoms with Gasteiger partial charge in [0.1, 0.15) is 12.3 Å². The lowest BCUT2D eigenvalue weighted by Gasteiger charge is -2.18. The summed E-state index contributed by atoms with van der Waals surface area (Å²) in [6.07, 6.45) is -4.39. The van der Waals surface area contributed by atoms with Crippen LogP contribution in [0.2, 0.25) is 0 Å². The maximum atomic E-state index is 12.0. The van der Waals surface area contributed by atoms with E-state index in [2.05, 4.69) is 0 Å². The molecule has 0 aliphatic rings. The monoisotopic (exact) mass is 318 g/mol. The Hall–Kier alpha value is -1.76. The number of carbonyl (C=O) groups is 1. The first kappa shape index (κ1) is 18.3. The molecular weight excluding hydrogens is 297 g/mol. The molecule has 0 aliphatic carbocycles. The third kappa shape index (κ3) is 5.93. The van der Waals surface area contributed by atoms with Crippen molar-refractivity contribution in [3.8, 4) is 5.75 Å². The van der Waals surface area contributed by atoms with E-state index in [9.17, 15) is 18.0 Å². The number of methoxy groups -OCH3 is 1. The lowest BCUT2D eigenvalue weighted by molar-refractivity contribution is -0.138. The summed E-state index contributed by atoms with van der Waals surface area (Å²) in [5, 5.41) is 1.85. The van der Waals surface area contributed by atoms with Crippen LogP contribution in [-0.4, -0.2) is 44.2 Å². The average molecular weight is 318 g/mol. The Morgan fingerprint density at radius 3 is 2.27 bits per heavy atom. The van der Waals surface area contributed by atoms with E-state index >= 15 is 0 Å². The number of amides is 1. The number of hydrogen-bond acceptors (Lipinski definition) is 3. The third-order valence-electron chi connectivity index (χ3n) is 3.08. The first-order chi connectivity index (χ1) is 10.1. The van der Waals surface area contributed by atoms with Crippen molar-refractivity contribution in [2.75, 3.05) is 27.2 Å². The molecule has 0 heterocycles. The van der Waals surface area contributed by atoms with E-state index in [1.165, 1.54) is 0 Å². The van der Waals surface area contributed by atoms with Crippen LogP contribution in [0, 0.1) is 13.8 Å². The summed E-state index contributed by atoms with van der Waals surface area (Å²) in [4.78, 5) is 13.1. The molecule has 0 aromatic heterocycles. The Morgan fingerprint density at radius 2 is 1.82 bits per heavy atom. The zero-order valence-corrected chi connectivity index (χ0v) is 13.2. The van der Waals surface area contributed by atoms with E-state index in [1.54, 1.807) is 19.1 Å². The summed E-state index contributed by atoms with van der Waals surface area (Å²) in [5.41, 5.74) is 2.93. The molecule has 0 unspecified atom stereocenters. The van der Waals surface area contributed by atoms with Gasteiger partial charge in [-0.05, 0) is 37.6 Å². The second-order valence-corrected chi connectivity index (χ2v) is 5.33. The molecule has 1 aromatic carbocycles. The van der Waals surface area contributed by atoms with Crippen LogP contribution in [0.1, 0.15) is 16.7 Å². The summed E-state index contributed by atoms with van der Waals surface area (Å²) < 4.78 is 41.3. The van der Waals surface area contributed by atoms with Gasteiger partial charge in [0.15, 0.2) is 0 Å². The SMILES string of the molecule is COc1c(C)cc(CN(C)CC(=O)NCC(F)(F)F)cc1C. The highest BCUT2D eigenvalue weighted by Crippen LogP contribution is 2.24. The molecule has 0 aliphatic heterocycles. The van der Waals surface area contributed by atoms with Gasteiger partial charge in [-0.3, -0.25) is 9.69 Å². The van der Waals surface area contributed by atoms with E-state index in [4.69, 9.17) is 4.74 Å². The first-order valence-corrected chi connectivity index (χ1v) is 6.78. The van der Waals surface area contributed by atoms with Crippen LogP contribution in [0.15, 0.2) is 12.1 Å². The Kier molecular flexibility index (Phi) is 6.22. The minimum Gasteiger partial charge on any atom is -0.496 e. The lowest BCUT2D eigenvalue weighted by Crippen LogP contribution is -2.39. The molecule has 4 nitrogen and oxygen atoms in total. The van der Waals surface area contributed by atoms with Crippen LogP contribution in [0.3, 0.4) is 0 Å². The zero-order chi connectivity index (χ0) is 16.9. The van der Waals surface area contributed by atoms with Gasteiger partial charge in [-0.25, -0.2) is 0 Å². The fourth-order valence-corrected chi connectivity index (χ4v) is 2.32. The molecule has 22 heavy (non-hydrogen) atoms. The van der Waals surface area contributed by atoms with Gasteiger partial charge < -0.3 is 10.1 Å². The fraction of sp³-hybridized carbons (Fsp3) is 0.533. The molecule has 1 rings (SSSR count). The maximum absolute atomic E-state index is 12.0. The average Bonchev–Trinajstić information content (AvgIpc) is 2.35. The first-order valence-electron chi connectivity index (χ1n) is 6.78. The molecule has 0 saturated carbocycles. The number of nitrogens with one attached hydrogen (secondary N) is 1. The molecule has 124 valence electrons. The van der Waals surface area contributed by atoms with Crippen LogP contribution < -0.4 is 10.1 Å². The Balaban J connectivity index is 2.58. The zero-order valence-electron chi connectivity index (χ0n) is 13.2. The van der Waals surface area contributed by atoms with Gasteiger partial charge in [-0.15, -0.1) is 0 Å². The molecule has 1 amide bonds. The lowest BCUT2D eigenvalue weighted by atomic mass is 10.1. The molecule has 1 aromatic rings. The van der Waals surface area contributed by atoms with E-state index in [1.807, 2.05) is 31.3 Å². The highest BCUT2D eigenvalue weighted by molar-refractivity contribution is 5.78. The van der Waals surface area contributed by atoms with Crippen molar-refractivity contribution < 1.29 is 22.7 Å². The summed E-state index contributed by atoms with van der Waals surface area (Å²) in [7, 11) is 3.29. The normalized spacial score (nSPS) is 11.6. The van der Waals surface area contributed by atoms with E-state index in [0.717, 1.165) is 22.4 Å². The van der Waals surface area contributed by atoms with Crippen LogP contribution in [0.5, 0.6) is 5.75 Å². The summed E-state index contributed by atoms with van der Waals surface area (Å²) >= 11 is 0. The number of alkyl halides is 3. The second-order valence-electron chi connectivity index (χ2n) is 5.33. The third-order valence-corrected chi connectivity index (χ3v) is 3.08. The van der Waals surface area contributed by atoms with Gasteiger partial charge in [-0.2, -0.15) is 13.2 Å². The van der Waals surface area contributed by atoms with Gasteiger partial charge in [-0.1, -0.05) is 12.1 Å². The fourth-order valence-electron chi connectivity index (χ4n) is 2.32. The summed E-state index contributed by atoms with van der Waals surface area (Å²) in [5.74, 6) is 0.163. The van der Waals surface area contributed by atoms with Gasteiger partial charge in [0.2, 0.25) is 5.91 Å². The minimum absolute atomic E-state index is 0.0970.